The van der Waals surface area contributed by atoms with E-state index in [4.69, 9.17) is 4.74 Å². The number of fused-ring (bicyclic) bond motifs is 2. The van der Waals surface area contributed by atoms with E-state index in [1.807, 2.05) is 31.9 Å². The smallest absolute Gasteiger partial charge is 0.411 e. The summed E-state index contributed by atoms with van der Waals surface area (Å²) in [5.41, 5.74) is 1.62. The van der Waals surface area contributed by atoms with Crippen LogP contribution in [0.25, 0.3) is 0 Å². The normalized spacial score (nSPS) is 20.7. The van der Waals surface area contributed by atoms with Crippen molar-refractivity contribution in [2.75, 3.05) is 0 Å². The Bertz CT molecular complexity index is 483. The van der Waals surface area contributed by atoms with Gasteiger partial charge in [0.25, 0.3) is 0 Å². The van der Waals surface area contributed by atoms with Crippen molar-refractivity contribution in [2.45, 2.75) is 57.7 Å². The summed E-state index contributed by atoms with van der Waals surface area (Å²) in [4.78, 5) is 14.2. The molecule has 1 amide bonds. The van der Waals surface area contributed by atoms with Crippen LogP contribution in [0.4, 0.5) is 4.79 Å². The van der Waals surface area contributed by atoms with Crippen molar-refractivity contribution in [3.63, 3.8) is 0 Å². The van der Waals surface area contributed by atoms with Gasteiger partial charge in [0.15, 0.2) is 0 Å². The average molecular weight is 249 g/mol. The van der Waals surface area contributed by atoms with Crippen LogP contribution in [-0.2, 0) is 16.8 Å². The summed E-state index contributed by atoms with van der Waals surface area (Å²) in [5.74, 6) is 0. The molecule has 1 aliphatic carbocycles. The zero-order valence-corrected chi connectivity index (χ0v) is 11.1. The predicted octanol–water partition coefficient (Wildman–Crippen LogP) is 2.54. The van der Waals surface area contributed by atoms with Gasteiger partial charge in [0.1, 0.15) is 5.60 Å². The highest BCUT2D eigenvalue weighted by molar-refractivity contribution is 5.71. The Morgan fingerprint density at radius 2 is 2.22 bits per heavy atom. The first-order valence-electron chi connectivity index (χ1n) is 6.46. The number of aromatic nitrogens is 2. The molecule has 1 fully saturated rings. The van der Waals surface area contributed by atoms with Crippen LogP contribution >= 0.6 is 0 Å². The number of hydrogen-bond donors (Lipinski definition) is 1. The molecule has 1 N–H and O–H groups in total. The lowest BCUT2D eigenvalue weighted by Gasteiger charge is -2.45. The van der Waals surface area contributed by atoms with Crippen LogP contribution in [0.2, 0.25) is 0 Å². The van der Waals surface area contributed by atoms with E-state index in [2.05, 4.69) is 10.2 Å². The van der Waals surface area contributed by atoms with Crippen molar-refractivity contribution in [3.8, 4) is 0 Å². The summed E-state index contributed by atoms with van der Waals surface area (Å²) >= 11 is 0. The zero-order valence-electron chi connectivity index (χ0n) is 11.1. The molecule has 1 spiro atoms. The fraction of sp³-hybridized carbons (Fsp3) is 0.692. The van der Waals surface area contributed by atoms with Gasteiger partial charge in [-0.15, -0.1) is 0 Å². The van der Waals surface area contributed by atoms with E-state index in [0.717, 1.165) is 30.5 Å². The predicted molar refractivity (Wildman–Crippen MR) is 65.9 cm³/mol. The van der Waals surface area contributed by atoms with Gasteiger partial charge in [-0.05, 0) is 40.0 Å². The Labute approximate surface area is 107 Å². The number of nitrogens with one attached hydrogen (secondary N) is 1. The molecule has 1 aliphatic heterocycles. The third kappa shape index (κ3) is 1.53. The third-order valence-electron chi connectivity index (χ3n) is 3.82. The highest BCUT2D eigenvalue weighted by Gasteiger charge is 2.53. The van der Waals surface area contributed by atoms with Gasteiger partial charge < -0.3 is 4.74 Å². The molecule has 1 saturated carbocycles. The minimum absolute atomic E-state index is 0.172. The summed E-state index contributed by atoms with van der Waals surface area (Å²) < 4.78 is 5.51. The molecule has 2 aliphatic rings. The number of aromatic amines is 1. The van der Waals surface area contributed by atoms with Crippen LogP contribution in [0, 0.1) is 0 Å². The fourth-order valence-electron chi connectivity index (χ4n) is 2.88. The molecule has 5 nitrogen and oxygen atoms in total. The van der Waals surface area contributed by atoms with Gasteiger partial charge >= 0.3 is 6.09 Å². The molecule has 3 rings (SSSR count). The van der Waals surface area contributed by atoms with Crippen molar-refractivity contribution in [2.24, 2.45) is 0 Å². The summed E-state index contributed by atoms with van der Waals surface area (Å²) in [6.45, 7) is 6.31. The van der Waals surface area contributed by atoms with E-state index >= 15 is 0 Å². The van der Waals surface area contributed by atoms with Crippen LogP contribution in [0.1, 0.15) is 51.3 Å². The SMILES string of the molecule is CC(C)(C)OC(=O)N1Cc2cn[nH]c2C12CCC2. The first kappa shape index (κ1) is 11.6. The van der Waals surface area contributed by atoms with E-state index in [1.165, 1.54) is 0 Å². The molecule has 0 atom stereocenters. The number of hydrogen-bond acceptors (Lipinski definition) is 3. The second-order valence-electron chi connectivity index (χ2n) is 6.22. The van der Waals surface area contributed by atoms with Gasteiger partial charge in [-0.2, -0.15) is 5.10 Å². The van der Waals surface area contributed by atoms with Gasteiger partial charge in [0, 0.05) is 5.56 Å². The van der Waals surface area contributed by atoms with Crippen molar-refractivity contribution >= 4 is 6.09 Å². The molecule has 2 heterocycles. The molecule has 1 aromatic heterocycles. The molecule has 0 saturated heterocycles. The molecule has 98 valence electrons. The number of ether oxygens (including phenoxy) is 1. The lowest BCUT2D eigenvalue weighted by molar-refractivity contribution is -0.0251. The molecular weight excluding hydrogens is 230 g/mol. The summed E-state index contributed by atoms with van der Waals surface area (Å²) in [5, 5.41) is 7.14. The van der Waals surface area contributed by atoms with E-state index in [-0.39, 0.29) is 11.6 Å². The second kappa shape index (κ2) is 3.49. The van der Waals surface area contributed by atoms with Crippen LogP contribution < -0.4 is 0 Å². The minimum atomic E-state index is -0.448. The van der Waals surface area contributed by atoms with Crippen LogP contribution in [0.3, 0.4) is 0 Å². The van der Waals surface area contributed by atoms with Crippen molar-refractivity contribution < 1.29 is 9.53 Å². The Balaban J connectivity index is 1.87. The van der Waals surface area contributed by atoms with E-state index in [1.54, 1.807) is 0 Å². The molecule has 0 aromatic carbocycles. The van der Waals surface area contributed by atoms with Gasteiger partial charge in [0.2, 0.25) is 0 Å². The van der Waals surface area contributed by atoms with Gasteiger partial charge in [-0.25, -0.2) is 4.79 Å². The lowest BCUT2D eigenvalue weighted by Crippen LogP contribution is -2.51. The Kier molecular flexibility index (Phi) is 2.24. The maximum absolute atomic E-state index is 12.3. The number of carbonyl (C=O) groups excluding carboxylic acids is 1. The molecular formula is C13H19N3O2. The second-order valence-corrected chi connectivity index (χ2v) is 6.22. The van der Waals surface area contributed by atoms with Crippen LogP contribution in [0.15, 0.2) is 6.20 Å². The van der Waals surface area contributed by atoms with Crippen LogP contribution in [-0.4, -0.2) is 26.8 Å². The highest BCUT2D eigenvalue weighted by Crippen LogP contribution is 2.51. The van der Waals surface area contributed by atoms with E-state index < -0.39 is 5.60 Å². The van der Waals surface area contributed by atoms with E-state index in [0.29, 0.717) is 6.54 Å². The number of carbonyl (C=O) groups is 1. The summed E-state index contributed by atoms with van der Waals surface area (Å²) in [6, 6.07) is 0. The lowest BCUT2D eigenvalue weighted by atomic mass is 9.74. The van der Waals surface area contributed by atoms with E-state index in [9.17, 15) is 4.79 Å². The van der Waals surface area contributed by atoms with Crippen molar-refractivity contribution in [1.82, 2.24) is 15.1 Å². The van der Waals surface area contributed by atoms with Crippen molar-refractivity contribution in [3.05, 3.63) is 17.5 Å². The topological polar surface area (TPSA) is 58.2 Å². The van der Waals surface area contributed by atoms with Gasteiger partial charge in [-0.3, -0.25) is 10.00 Å². The molecule has 0 bridgehead atoms. The van der Waals surface area contributed by atoms with Crippen LogP contribution in [0.5, 0.6) is 0 Å². The minimum Gasteiger partial charge on any atom is -0.444 e. The molecule has 18 heavy (non-hydrogen) atoms. The Morgan fingerprint density at radius 3 is 2.78 bits per heavy atom. The first-order chi connectivity index (χ1) is 8.42. The molecule has 1 aromatic rings. The number of rotatable bonds is 0. The maximum Gasteiger partial charge on any atom is 0.411 e. The fourth-order valence-corrected chi connectivity index (χ4v) is 2.88. The number of amides is 1. The Morgan fingerprint density at radius 1 is 1.50 bits per heavy atom. The maximum atomic E-state index is 12.3. The molecule has 5 heteroatoms. The summed E-state index contributed by atoms with van der Waals surface area (Å²) in [6.07, 6.45) is 4.76. The number of H-pyrrole nitrogens is 1. The quantitative estimate of drug-likeness (QED) is 0.768. The zero-order chi connectivity index (χ0) is 13.0. The average Bonchev–Trinajstić information content (AvgIpc) is 2.68. The first-order valence-corrected chi connectivity index (χ1v) is 6.46. The highest BCUT2D eigenvalue weighted by atomic mass is 16.6. The molecule has 0 radical (unpaired) electrons. The standard InChI is InChI=1S/C13H19N3O2/c1-12(2,3)18-11(17)16-8-9-7-14-15-10(9)13(16)5-4-6-13/h7H,4-6,8H2,1-3H3,(H,14,15). The third-order valence-corrected chi connectivity index (χ3v) is 3.82. The number of nitrogens with zero attached hydrogens (tertiary/aromatic N) is 2. The monoisotopic (exact) mass is 249 g/mol. The van der Waals surface area contributed by atoms with Gasteiger partial charge in [0.05, 0.1) is 24.0 Å². The van der Waals surface area contributed by atoms with Gasteiger partial charge in [-0.1, -0.05) is 0 Å². The Hall–Kier alpha value is -1.52. The molecule has 0 unspecified atom stereocenters. The summed E-state index contributed by atoms with van der Waals surface area (Å²) in [7, 11) is 0. The van der Waals surface area contributed by atoms with Crippen molar-refractivity contribution in [1.29, 1.82) is 0 Å². The largest absolute Gasteiger partial charge is 0.444 e.